The summed E-state index contributed by atoms with van der Waals surface area (Å²) >= 11 is 5.95. The molecule has 4 N–H and O–H groups in total. The third kappa shape index (κ3) is 3.71. The minimum atomic E-state index is -0.273. The van der Waals surface area contributed by atoms with Crippen molar-refractivity contribution in [1.29, 1.82) is 0 Å². The highest BCUT2D eigenvalue weighted by Crippen LogP contribution is 2.21. The largest absolute Gasteiger partial charge is 0.322 e. The van der Waals surface area contributed by atoms with Gasteiger partial charge in [-0.1, -0.05) is 37.6 Å². The number of rotatable bonds is 4. The van der Waals surface area contributed by atoms with Crippen LogP contribution in [-0.4, -0.2) is 10.9 Å². The van der Waals surface area contributed by atoms with Crippen molar-refractivity contribution in [3.63, 3.8) is 0 Å². The van der Waals surface area contributed by atoms with E-state index in [1.54, 1.807) is 0 Å². The molecule has 0 aliphatic rings. The van der Waals surface area contributed by atoms with Crippen LogP contribution < -0.4 is 16.6 Å². The van der Waals surface area contributed by atoms with Crippen LogP contribution in [0, 0.1) is 0 Å². The Bertz CT molecular complexity index is 641. The lowest BCUT2D eigenvalue weighted by atomic mass is 10.0. The van der Waals surface area contributed by atoms with Crippen molar-refractivity contribution < 1.29 is 4.79 Å². The molecule has 1 aromatic carbocycles. The van der Waals surface area contributed by atoms with Crippen LogP contribution in [0.4, 0.5) is 11.5 Å². The number of nitrogens with one attached hydrogen (secondary N) is 2. The molecule has 0 saturated carbocycles. The number of anilines is 2. The number of nitrogens with two attached hydrogens (primary N) is 1. The molecule has 0 bridgehead atoms. The number of hydrogen-bond donors (Lipinski definition) is 3. The topological polar surface area (TPSA) is 80.0 Å². The van der Waals surface area contributed by atoms with Crippen LogP contribution in [0.2, 0.25) is 5.02 Å². The normalized spacial score (nSPS) is 10.5. The van der Waals surface area contributed by atoms with Gasteiger partial charge in [-0.3, -0.25) is 4.79 Å². The van der Waals surface area contributed by atoms with Crippen LogP contribution >= 0.6 is 11.6 Å². The Balaban J connectivity index is 2.12. The monoisotopic (exact) mass is 304 g/mol. The summed E-state index contributed by atoms with van der Waals surface area (Å²) in [7, 11) is 0. The Hall–Kier alpha value is -2.11. The minimum absolute atomic E-state index is 0.273. The molecule has 0 spiro atoms. The SMILES string of the molecule is CC(C)c1ccc(NC(=O)c2cnc(NN)c(Cl)c2)cc1. The molecule has 5 nitrogen and oxygen atoms in total. The minimum Gasteiger partial charge on any atom is -0.322 e. The van der Waals surface area contributed by atoms with Gasteiger partial charge in [-0.15, -0.1) is 0 Å². The van der Waals surface area contributed by atoms with Crippen LogP contribution in [0.15, 0.2) is 36.5 Å². The lowest BCUT2D eigenvalue weighted by Gasteiger charge is -2.09. The summed E-state index contributed by atoms with van der Waals surface area (Å²) in [6.45, 7) is 4.24. The molecule has 2 rings (SSSR count). The Morgan fingerprint density at radius 1 is 1.29 bits per heavy atom. The Morgan fingerprint density at radius 2 is 1.95 bits per heavy atom. The molecule has 0 aliphatic carbocycles. The van der Waals surface area contributed by atoms with E-state index in [0.717, 1.165) is 5.69 Å². The van der Waals surface area contributed by atoms with Crippen LogP contribution in [0.3, 0.4) is 0 Å². The molecule has 1 heterocycles. The Morgan fingerprint density at radius 3 is 2.48 bits per heavy atom. The van der Waals surface area contributed by atoms with Crippen LogP contribution in [0.5, 0.6) is 0 Å². The van der Waals surface area contributed by atoms with Crippen molar-refractivity contribution >= 4 is 29.0 Å². The van der Waals surface area contributed by atoms with E-state index in [-0.39, 0.29) is 5.91 Å². The quantitative estimate of drug-likeness (QED) is 0.597. The van der Waals surface area contributed by atoms with E-state index >= 15 is 0 Å². The van der Waals surface area contributed by atoms with E-state index in [4.69, 9.17) is 17.4 Å². The standard InChI is InChI=1S/C15H17ClN4O/c1-9(2)10-3-5-12(6-4-10)19-15(21)11-7-13(16)14(20-17)18-8-11/h3-9H,17H2,1-2H3,(H,18,20)(H,19,21). The van der Waals surface area contributed by atoms with Gasteiger partial charge in [0.25, 0.3) is 5.91 Å². The van der Waals surface area contributed by atoms with Gasteiger partial charge in [-0.25, -0.2) is 10.8 Å². The van der Waals surface area contributed by atoms with Gasteiger partial charge in [-0.05, 0) is 29.7 Å². The zero-order valence-electron chi connectivity index (χ0n) is 11.9. The van der Waals surface area contributed by atoms with Crippen molar-refractivity contribution in [2.24, 2.45) is 5.84 Å². The number of carbonyl (C=O) groups is 1. The van der Waals surface area contributed by atoms with Gasteiger partial charge < -0.3 is 10.7 Å². The predicted molar refractivity (Wildman–Crippen MR) is 85.5 cm³/mol. The number of benzene rings is 1. The average molecular weight is 305 g/mol. The molecular weight excluding hydrogens is 288 g/mol. The lowest BCUT2D eigenvalue weighted by molar-refractivity contribution is 0.102. The number of halogens is 1. The summed E-state index contributed by atoms with van der Waals surface area (Å²) in [4.78, 5) is 16.1. The molecule has 0 fully saturated rings. The van der Waals surface area contributed by atoms with E-state index in [1.807, 2.05) is 24.3 Å². The molecular formula is C15H17ClN4O. The first-order chi connectivity index (χ1) is 10.0. The van der Waals surface area contributed by atoms with Crippen molar-refractivity contribution in [2.75, 3.05) is 10.7 Å². The van der Waals surface area contributed by atoms with Crippen molar-refractivity contribution in [3.05, 3.63) is 52.7 Å². The first-order valence-electron chi connectivity index (χ1n) is 6.54. The summed E-state index contributed by atoms with van der Waals surface area (Å²) in [5.41, 5.74) is 4.66. The zero-order valence-corrected chi connectivity index (χ0v) is 12.6. The highest BCUT2D eigenvalue weighted by Gasteiger charge is 2.10. The molecule has 1 amide bonds. The number of nitrogen functional groups attached to an aromatic ring is 1. The second-order valence-corrected chi connectivity index (χ2v) is 5.34. The Kier molecular flexibility index (Phi) is 4.77. The van der Waals surface area contributed by atoms with Gasteiger partial charge in [0.05, 0.1) is 10.6 Å². The fraction of sp³-hybridized carbons (Fsp3) is 0.200. The molecule has 0 unspecified atom stereocenters. The molecule has 110 valence electrons. The van der Waals surface area contributed by atoms with Crippen LogP contribution in [-0.2, 0) is 0 Å². The van der Waals surface area contributed by atoms with E-state index in [1.165, 1.54) is 17.8 Å². The maximum atomic E-state index is 12.1. The van der Waals surface area contributed by atoms with Gasteiger partial charge in [0.15, 0.2) is 5.82 Å². The third-order valence-corrected chi connectivity index (χ3v) is 3.36. The number of aromatic nitrogens is 1. The summed E-state index contributed by atoms with van der Waals surface area (Å²) < 4.78 is 0. The predicted octanol–water partition coefficient (Wildman–Crippen LogP) is 3.40. The number of pyridine rings is 1. The van der Waals surface area contributed by atoms with Crippen molar-refractivity contribution in [1.82, 2.24) is 4.98 Å². The van der Waals surface area contributed by atoms with Gasteiger partial charge in [0, 0.05) is 11.9 Å². The second kappa shape index (κ2) is 6.56. The average Bonchev–Trinajstić information content (AvgIpc) is 2.47. The second-order valence-electron chi connectivity index (χ2n) is 4.93. The first-order valence-corrected chi connectivity index (χ1v) is 6.92. The highest BCUT2D eigenvalue weighted by atomic mass is 35.5. The van der Waals surface area contributed by atoms with Crippen molar-refractivity contribution in [2.45, 2.75) is 19.8 Å². The molecule has 0 atom stereocenters. The van der Waals surface area contributed by atoms with E-state index < -0.39 is 0 Å². The molecule has 0 saturated heterocycles. The summed E-state index contributed by atoms with van der Waals surface area (Å²) in [6, 6.07) is 9.25. The molecule has 21 heavy (non-hydrogen) atoms. The summed E-state index contributed by atoms with van der Waals surface area (Å²) in [5, 5.41) is 3.09. The van der Waals surface area contributed by atoms with Crippen LogP contribution in [0.25, 0.3) is 0 Å². The first kappa shape index (κ1) is 15.3. The smallest absolute Gasteiger partial charge is 0.257 e. The molecule has 1 aromatic heterocycles. The van der Waals surface area contributed by atoms with E-state index in [2.05, 4.69) is 29.6 Å². The molecule has 6 heteroatoms. The lowest BCUT2D eigenvalue weighted by Crippen LogP contribution is -2.14. The fourth-order valence-corrected chi connectivity index (χ4v) is 2.04. The van der Waals surface area contributed by atoms with Gasteiger partial charge in [0.2, 0.25) is 0 Å². The van der Waals surface area contributed by atoms with Crippen molar-refractivity contribution in [3.8, 4) is 0 Å². The van der Waals surface area contributed by atoms with Gasteiger partial charge >= 0.3 is 0 Å². The number of carbonyl (C=O) groups excluding carboxylic acids is 1. The fourth-order valence-electron chi connectivity index (χ4n) is 1.82. The van der Waals surface area contributed by atoms with Gasteiger partial charge in [-0.2, -0.15) is 0 Å². The molecule has 0 aliphatic heterocycles. The number of hydrogen-bond acceptors (Lipinski definition) is 4. The number of nitrogens with zero attached hydrogens (tertiary/aromatic N) is 1. The maximum absolute atomic E-state index is 12.1. The third-order valence-electron chi connectivity index (χ3n) is 3.08. The van der Waals surface area contributed by atoms with Gasteiger partial charge in [0.1, 0.15) is 0 Å². The van der Waals surface area contributed by atoms with E-state index in [0.29, 0.717) is 22.3 Å². The van der Waals surface area contributed by atoms with Crippen LogP contribution in [0.1, 0.15) is 35.7 Å². The Labute approximate surface area is 128 Å². The molecule has 0 radical (unpaired) electrons. The summed E-state index contributed by atoms with van der Waals surface area (Å²) in [6.07, 6.45) is 1.42. The summed E-state index contributed by atoms with van der Waals surface area (Å²) in [5.74, 6) is 5.75. The number of amides is 1. The maximum Gasteiger partial charge on any atom is 0.257 e. The highest BCUT2D eigenvalue weighted by molar-refractivity contribution is 6.33. The zero-order chi connectivity index (χ0) is 15.4. The molecule has 2 aromatic rings. The van der Waals surface area contributed by atoms with E-state index in [9.17, 15) is 4.79 Å². The number of hydrazine groups is 1.